The summed E-state index contributed by atoms with van der Waals surface area (Å²) in [5.74, 6) is -0.391. The maximum Gasteiger partial charge on any atom is 0.354 e. The van der Waals surface area contributed by atoms with Crippen LogP contribution in [0.25, 0.3) is 21.9 Å². The van der Waals surface area contributed by atoms with Gasteiger partial charge in [0.15, 0.2) is 11.3 Å². The second-order valence-corrected chi connectivity index (χ2v) is 4.93. The van der Waals surface area contributed by atoms with E-state index in [1.54, 1.807) is 31.3 Å². The molecule has 0 amide bonds. The van der Waals surface area contributed by atoms with Crippen LogP contribution in [0.4, 0.5) is 0 Å². The summed E-state index contributed by atoms with van der Waals surface area (Å²) in [6, 6.07) is 7.03. The van der Waals surface area contributed by atoms with Gasteiger partial charge in [-0.1, -0.05) is 12.1 Å². The molecule has 1 aromatic carbocycles. The van der Waals surface area contributed by atoms with Crippen LogP contribution in [0.15, 0.2) is 42.7 Å². The summed E-state index contributed by atoms with van der Waals surface area (Å²) in [5.41, 5.74) is -0.409. The van der Waals surface area contributed by atoms with Crippen molar-refractivity contribution in [1.82, 2.24) is 4.57 Å². The number of hydrogen-bond acceptors (Lipinski definition) is 4. The van der Waals surface area contributed by atoms with Gasteiger partial charge in [-0.2, -0.15) is 0 Å². The minimum atomic E-state index is -0.719. The van der Waals surface area contributed by atoms with Crippen LogP contribution in [0.1, 0.15) is 0 Å². The number of aromatic nitrogens is 1. The van der Waals surface area contributed by atoms with Crippen molar-refractivity contribution in [2.24, 2.45) is 7.05 Å². The number of rotatable bonds is 0. The summed E-state index contributed by atoms with van der Waals surface area (Å²) in [5, 5.41) is 10.6. The zero-order chi connectivity index (χ0) is 13.7. The topological polar surface area (TPSA) is 72.4 Å². The lowest BCUT2D eigenvalue weighted by Gasteiger charge is -2.08. The molecule has 0 fully saturated rings. The van der Waals surface area contributed by atoms with E-state index in [0.29, 0.717) is 10.9 Å². The predicted molar refractivity (Wildman–Crippen MR) is 74.6 cm³/mol. The van der Waals surface area contributed by atoms with Gasteiger partial charge < -0.3 is 14.1 Å². The predicted octanol–water partition coefficient (Wildman–Crippen LogP) is 2.11. The highest BCUT2D eigenvalue weighted by Crippen LogP contribution is 2.30. The summed E-state index contributed by atoms with van der Waals surface area (Å²) < 4.78 is 6.41. The Balaban J connectivity index is 2.79. The number of para-hydroxylation sites is 1. The molecular formula is C13H8BrNO4. The molecule has 0 aliphatic carbocycles. The molecular weight excluding hydrogens is 314 g/mol. The van der Waals surface area contributed by atoms with E-state index < -0.39 is 16.9 Å². The van der Waals surface area contributed by atoms with Crippen molar-refractivity contribution in [2.75, 3.05) is 0 Å². The number of benzene rings is 1. The quantitative estimate of drug-likeness (QED) is 0.644. The van der Waals surface area contributed by atoms with Gasteiger partial charge in [-0.05, 0) is 28.1 Å². The first-order valence-electron chi connectivity index (χ1n) is 5.45. The van der Waals surface area contributed by atoms with Crippen LogP contribution >= 0.6 is 15.9 Å². The summed E-state index contributed by atoms with van der Waals surface area (Å²) in [6.45, 7) is 0. The Bertz CT molecular complexity index is 939. The molecule has 0 unspecified atom stereocenters. The number of nitrogens with zero attached hydrogens (tertiary/aromatic N) is 1. The average molecular weight is 322 g/mol. The molecule has 0 spiro atoms. The van der Waals surface area contributed by atoms with Crippen molar-refractivity contribution in [3.8, 4) is 5.75 Å². The second kappa shape index (κ2) is 3.96. The first-order valence-corrected chi connectivity index (χ1v) is 6.24. The van der Waals surface area contributed by atoms with Crippen molar-refractivity contribution in [2.45, 2.75) is 0 Å². The Labute approximate surface area is 114 Å². The first kappa shape index (κ1) is 12.0. The molecule has 0 saturated carbocycles. The highest BCUT2D eigenvalue weighted by atomic mass is 79.9. The average Bonchev–Trinajstić information content (AvgIpc) is 2.42. The Hall–Kier alpha value is -2.08. The van der Waals surface area contributed by atoms with Gasteiger partial charge in [-0.3, -0.25) is 4.79 Å². The van der Waals surface area contributed by atoms with Crippen LogP contribution in [0.5, 0.6) is 5.75 Å². The lowest BCUT2D eigenvalue weighted by molar-refractivity contribution is 0.462. The van der Waals surface area contributed by atoms with E-state index in [-0.39, 0.29) is 15.4 Å². The summed E-state index contributed by atoms with van der Waals surface area (Å²) in [7, 11) is 1.60. The molecule has 0 radical (unpaired) electrons. The largest absolute Gasteiger partial charge is 0.506 e. The molecule has 0 aliphatic heterocycles. The van der Waals surface area contributed by atoms with Gasteiger partial charge in [-0.25, -0.2) is 4.79 Å². The lowest BCUT2D eigenvalue weighted by atomic mass is 10.1. The van der Waals surface area contributed by atoms with E-state index in [0.717, 1.165) is 0 Å². The first-order chi connectivity index (χ1) is 9.02. The van der Waals surface area contributed by atoms with Gasteiger partial charge >= 0.3 is 5.63 Å². The smallest absolute Gasteiger partial charge is 0.354 e. The monoisotopic (exact) mass is 321 g/mol. The van der Waals surface area contributed by atoms with Gasteiger partial charge in [-0.15, -0.1) is 0 Å². The van der Waals surface area contributed by atoms with Crippen LogP contribution in [-0.2, 0) is 7.05 Å². The van der Waals surface area contributed by atoms with Gasteiger partial charge in [0.25, 0.3) is 5.56 Å². The number of pyridine rings is 1. The molecule has 19 heavy (non-hydrogen) atoms. The SMILES string of the molecule is Cn1c(=O)c2c(O)c(Br)c(=O)oc2c2ccccc21. The molecule has 3 aromatic rings. The van der Waals surface area contributed by atoms with Gasteiger partial charge in [0.05, 0.1) is 5.52 Å². The maximum atomic E-state index is 12.2. The summed E-state index contributed by atoms with van der Waals surface area (Å²) >= 11 is 2.92. The Morgan fingerprint density at radius 1 is 1.26 bits per heavy atom. The van der Waals surface area contributed by atoms with E-state index >= 15 is 0 Å². The van der Waals surface area contributed by atoms with Crippen LogP contribution in [0.3, 0.4) is 0 Å². The highest BCUT2D eigenvalue weighted by molar-refractivity contribution is 9.10. The molecule has 0 atom stereocenters. The normalized spacial score (nSPS) is 11.3. The van der Waals surface area contributed by atoms with Crippen LogP contribution in [0, 0.1) is 0 Å². The Kier molecular flexibility index (Phi) is 2.50. The zero-order valence-corrected chi connectivity index (χ0v) is 11.4. The fourth-order valence-electron chi connectivity index (χ4n) is 2.13. The Morgan fingerprint density at radius 2 is 1.95 bits per heavy atom. The molecule has 0 bridgehead atoms. The van der Waals surface area contributed by atoms with E-state index in [9.17, 15) is 14.7 Å². The van der Waals surface area contributed by atoms with E-state index in [2.05, 4.69) is 15.9 Å². The summed E-state index contributed by atoms with van der Waals surface area (Å²) in [6.07, 6.45) is 0. The standard InChI is InChI=1S/C13H8BrNO4/c1-15-7-5-3-2-4-6(7)11-8(12(15)17)10(16)9(14)13(18)19-11/h2-5,16H,1H3. The van der Waals surface area contributed by atoms with Crippen molar-refractivity contribution >= 4 is 37.8 Å². The molecule has 5 nitrogen and oxygen atoms in total. The van der Waals surface area contributed by atoms with Crippen LogP contribution in [-0.4, -0.2) is 9.67 Å². The molecule has 0 saturated heterocycles. The highest BCUT2D eigenvalue weighted by Gasteiger charge is 2.18. The number of halogens is 1. The van der Waals surface area contributed by atoms with Crippen molar-refractivity contribution < 1.29 is 9.52 Å². The molecule has 2 heterocycles. The second-order valence-electron chi connectivity index (χ2n) is 4.14. The molecule has 0 aliphatic rings. The van der Waals surface area contributed by atoms with Crippen molar-refractivity contribution in [3.63, 3.8) is 0 Å². The molecule has 3 rings (SSSR count). The van der Waals surface area contributed by atoms with Crippen molar-refractivity contribution in [1.29, 1.82) is 0 Å². The van der Waals surface area contributed by atoms with Crippen molar-refractivity contribution in [3.05, 3.63) is 49.5 Å². The fourth-order valence-corrected chi connectivity index (χ4v) is 2.40. The van der Waals surface area contributed by atoms with Gasteiger partial charge in [0.2, 0.25) is 0 Å². The minimum absolute atomic E-state index is 0.00678. The van der Waals surface area contributed by atoms with Crippen LogP contribution < -0.4 is 11.2 Å². The molecule has 2 aromatic heterocycles. The van der Waals surface area contributed by atoms with E-state index in [1.807, 2.05) is 0 Å². The van der Waals surface area contributed by atoms with Gasteiger partial charge in [0.1, 0.15) is 9.86 Å². The molecule has 96 valence electrons. The van der Waals surface area contributed by atoms with E-state index in [4.69, 9.17) is 4.42 Å². The number of aryl methyl sites for hydroxylation is 1. The zero-order valence-electron chi connectivity index (χ0n) is 9.81. The fraction of sp³-hybridized carbons (Fsp3) is 0.0769. The van der Waals surface area contributed by atoms with Crippen LogP contribution in [0.2, 0.25) is 0 Å². The summed E-state index contributed by atoms with van der Waals surface area (Å²) in [4.78, 5) is 23.9. The van der Waals surface area contributed by atoms with Gasteiger partial charge in [0, 0.05) is 12.4 Å². The minimum Gasteiger partial charge on any atom is -0.506 e. The number of fused-ring (bicyclic) bond motifs is 3. The number of hydrogen-bond donors (Lipinski definition) is 1. The number of aromatic hydroxyl groups is 1. The third-order valence-corrected chi connectivity index (χ3v) is 3.77. The molecule has 6 heteroatoms. The third kappa shape index (κ3) is 1.53. The van der Waals surface area contributed by atoms with E-state index in [1.165, 1.54) is 4.57 Å². The maximum absolute atomic E-state index is 12.2. The lowest BCUT2D eigenvalue weighted by Crippen LogP contribution is -2.18. The third-order valence-electron chi connectivity index (χ3n) is 3.07. The molecule has 1 N–H and O–H groups in total. The Morgan fingerprint density at radius 3 is 2.68 bits per heavy atom.